The molecule has 13 heteroatoms. The van der Waals surface area contributed by atoms with Gasteiger partial charge in [0.25, 0.3) is 0 Å². The van der Waals surface area contributed by atoms with Gasteiger partial charge in [-0.05, 0) is 43.1 Å². The first-order valence-corrected chi connectivity index (χ1v) is 14.2. The molecule has 2 fully saturated rings. The second-order valence-corrected chi connectivity index (χ2v) is 10.7. The number of nitrogens with one attached hydrogen (secondary N) is 2. The summed E-state index contributed by atoms with van der Waals surface area (Å²) >= 11 is 0. The number of piperazine rings is 1. The number of ether oxygens (including phenoxy) is 1. The minimum atomic E-state index is -4.53. The van der Waals surface area contributed by atoms with Crippen molar-refractivity contribution in [2.45, 2.75) is 38.5 Å². The van der Waals surface area contributed by atoms with E-state index in [9.17, 15) is 18.0 Å². The van der Waals surface area contributed by atoms with E-state index in [0.717, 1.165) is 44.5 Å². The van der Waals surface area contributed by atoms with Crippen molar-refractivity contribution >= 4 is 29.0 Å². The lowest BCUT2D eigenvalue weighted by Crippen LogP contribution is -2.47. The zero-order chi connectivity index (χ0) is 30.4. The number of urea groups is 1. The van der Waals surface area contributed by atoms with Crippen molar-refractivity contribution in [3.05, 3.63) is 53.7 Å². The van der Waals surface area contributed by atoms with Gasteiger partial charge in [-0.15, -0.1) is 0 Å². The van der Waals surface area contributed by atoms with Gasteiger partial charge in [0.15, 0.2) is 5.82 Å². The number of pyridine rings is 1. The Morgan fingerprint density at radius 2 is 1.81 bits per heavy atom. The topological polar surface area (TPSA) is 102 Å². The molecule has 2 aliphatic heterocycles. The molecule has 2 amide bonds. The highest BCUT2D eigenvalue weighted by atomic mass is 19.4. The van der Waals surface area contributed by atoms with Crippen LogP contribution in [0.4, 0.5) is 35.2 Å². The summed E-state index contributed by atoms with van der Waals surface area (Å²) in [7, 11) is 3.20. The van der Waals surface area contributed by atoms with Crippen LogP contribution in [0.1, 0.15) is 36.5 Å². The predicted octanol–water partition coefficient (Wildman–Crippen LogP) is 4.27. The number of aromatic nitrogens is 1. The number of anilines is 3. The van der Waals surface area contributed by atoms with E-state index in [-0.39, 0.29) is 23.8 Å². The fourth-order valence-electron chi connectivity index (χ4n) is 5.51. The van der Waals surface area contributed by atoms with Crippen molar-refractivity contribution in [1.82, 2.24) is 19.7 Å². The Kier molecular flexibility index (Phi) is 10.2. The van der Waals surface area contributed by atoms with Crippen LogP contribution in [0.15, 0.2) is 37.0 Å². The van der Waals surface area contributed by atoms with E-state index in [2.05, 4.69) is 39.0 Å². The van der Waals surface area contributed by atoms with E-state index in [1.165, 1.54) is 13.2 Å². The third kappa shape index (κ3) is 7.44. The highest BCUT2D eigenvalue weighted by Gasteiger charge is 2.35. The normalized spacial score (nSPS) is 17.2. The first-order valence-electron chi connectivity index (χ1n) is 14.2. The quantitative estimate of drug-likeness (QED) is 0.226. The number of carbonyl (C=O) groups excluding carboxylic acids is 1. The highest BCUT2D eigenvalue weighted by molar-refractivity contribution is 5.89. The zero-order valence-corrected chi connectivity index (χ0v) is 24.5. The zero-order valence-electron chi connectivity index (χ0n) is 24.5. The maximum atomic E-state index is 14.0. The lowest BCUT2D eigenvalue weighted by Gasteiger charge is -2.38. The second-order valence-electron chi connectivity index (χ2n) is 10.7. The summed E-state index contributed by atoms with van der Waals surface area (Å²) < 4.78 is 47.3. The summed E-state index contributed by atoms with van der Waals surface area (Å²) in [4.78, 5) is 25.5. The van der Waals surface area contributed by atoms with Gasteiger partial charge in [-0.2, -0.15) is 13.2 Å². The Labute approximate surface area is 245 Å². The number of rotatable bonds is 9. The van der Waals surface area contributed by atoms with Gasteiger partial charge in [-0.3, -0.25) is 4.90 Å². The number of nitrogens with two attached hydrogens (primary N) is 1. The number of piperidine rings is 1. The Morgan fingerprint density at radius 3 is 2.40 bits per heavy atom. The van der Waals surface area contributed by atoms with Gasteiger partial charge in [0, 0.05) is 64.6 Å². The van der Waals surface area contributed by atoms with Crippen LogP contribution in [0.2, 0.25) is 0 Å². The van der Waals surface area contributed by atoms with E-state index in [0.29, 0.717) is 43.1 Å². The summed E-state index contributed by atoms with van der Waals surface area (Å²) in [6.07, 6.45) is -1.45. The lowest BCUT2D eigenvalue weighted by molar-refractivity contribution is -0.138. The van der Waals surface area contributed by atoms with E-state index in [1.807, 2.05) is 11.0 Å². The number of methoxy groups -OCH3 is 1. The van der Waals surface area contributed by atoms with Crippen LogP contribution in [-0.4, -0.2) is 91.7 Å². The van der Waals surface area contributed by atoms with Crippen LogP contribution in [0.5, 0.6) is 0 Å². The molecule has 0 saturated carbocycles. The van der Waals surface area contributed by atoms with Gasteiger partial charge < -0.3 is 30.2 Å². The smallest absolute Gasteiger partial charge is 0.416 e. The van der Waals surface area contributed by atoms with E-state index in [4.69, 9.17) is 10.6 Å². The first kappa shape index (κ1) is 31.4. The van der Waals surface area contributed by atoms with Crippen molar-refractivity contribution in [3.63, 3.8) is 0 Å². The van der Waals surface area contributed by atoms with Gasteiger partial charge in [0.05, 0.1) is 30.1 Å². The highest BCUT2D eigenvalue weighted by Crippen LogP contribution is 2.35. The number of nitrogens with zero attached hydrogens (tertiary/aromatic N) is 5. The Bertz CT molecular complexity index is 1240. The van der Waals surface area contributed by atoms with E-state index in [1.54, 1.807) is 24.2 Å². The molecule has 0 bridgehead atoms. The number of benzene rings is 1. The molecule has 1 aromatic carbocycles. The molecule has 0 atom stereocenters. The molecular weight excluding hydrogens is 549 g/mol. The molecule has 3 heterocycles. The van der Waals surface area contributed by atoms with Crippen LogP contribution < -0.4 is 21.5 Å². The molecular formula is C29H41F3N8O2. The number of hydrazine groups is 1. The summed E-state index contributed by atoms with van der Waals surface area (Å²) in [5.41, 5.74) is 3.70. The summed E-state index contributed by atoms with van der Waals surface area (Å²) in [5, 5.41) is 2.68. The number of amides is 2. The molecule has 42 heavy (non-hydrogen) atoms. The van der Waals surface area contributed by atoms with Crippen LogP contribution in [0.25, 0.3) is 5.76 Å². The molecule has 1 aromatic heterocycles. The lowest BCUT2D eigenvalue weighted by atomic mass is 10.0. The van der Waals surface area contributed by atoms with Crippen molar-refractivity contribution in [3.8, 4) is 0 Å². The number of hydrogen-bond donors (Lipinski definition) is 3. The largest absolute Gasteiger partial charge is 0.497 e. The number of halogens is 3. The SMILES string of the molecule is C=C(OC)c1cc(N2CCC(N(C)C(=O)Nc3ccc(CN4CCN(CC)CC4)c(C(F)(F)F)c3)CC2)cnc1NN. The molecule has 2 aliphatic rings. The molecule has 4 rings (SSSR count). The third-order valence-electron chi connectivity index (χ3n) is 8.23. The fourth-order valence-corrected chi connectivity index (χ4v) is 5.51. The average Bonchev–Trinajstić information content (AvgIpc) is 3.00. The van der Waals surface area contributed by atoms with Gasteiger partial charge in [-0.25, -0.2) is 15.6 Å². The molecule has 0 unspecified atom stereocenters. The Morgan fingerprint density at radius 1 is 1.14 bits per heavy atom. The molecule has 0 aliphatic carbocycles. The van der Waals surface area contributed by atoms with Crippen molar-refractivity contribution in [2.75, 3.05) is 75.6 Å². The second kappa shape index (κ2) is 13.6. The predicted molar refractivity (Wildman–Crippen MR) is 159 cm³/mol. The van der Waals surface area contributed by atoms with E-state index < -0.39 is 17.8 Å². The molecule has 0 spiro atoms. The summed E-state index contributed by atoms with van der Waals surface area (Å²) in [5.74, 6) is 6.45. The molecule has 230 valence electrons. The number of hydrogen-bond acceptors (Lipinski definition) is 8. The van der Waals surface area contributed by atoms with Gasteiger partial charge in [0.1, 0.15) is 5.76 Å². The fraction of sp³-hybridized carbons (Fsp3) is 0.517. The molecule has 2 aromatic rings. The van der Waals surface area contributed by atoms with Gasteiger partial charge in [-0.1, -0.05) is 19.6 Å². The van der Waals surface area contributed by atoms with Crippen LogP contribution in [0.3, 0.4) is 0 Å². The molecule has 2 saturated heterocycles. The maximum Gasteiger partial charge on any atom is 0.416 e. The van der Waals surface area contributed by atoms with Crippen molar-refractivity contribution in [1.29, 1.82) is 0 Å². The Balaban J connectivity index is 1.37. The van der Waals surface area contributed by atoms with Crippen LogP contribution in [-0.2, 0) is 17.5 Å². The number of carbonyl (C=O) groups is 1. The monoisotopic (exact) mass is 590 g/mol. The molecule has 0 radical (unpaired) electrons. The number of alkyl halides is 3. The van der Waals surface area contributed by atoms with Crippen molar-refractivity contribution < 1.29 is 22.7 Å². The first-order chi connectivity index (χ1) is 20.0. The summed E-state index contributed by atoms with van der Waals surface area (Å²) in [6.45, 7) is 11.6. The maximum absolute atomic E-state index is 14.0. The van der Waals surface area contributed by atoms with E-state index >= 15 is 0 Å². The number of likely N-dealkylation sites (N-methyl/N-ethyl adjacent to an activating group) is 1. The Hall–Kier alpha value is -3.55. The third-order valence-corrected chi connectivity index (χ3v) is 8.23. The minimum absolute atomic E-state index is 0.0734. The number of nitrogen functional groups attached to an aromatic ring is 1. The standard InChI is InChI=1S/C29H41F3N8O2/c1-5-38-12-14-39(15-13-38)19-21-6-7-22(16-26(21)29(30,31)32)35-28(41)37(3)23-8-10-40(11-9-23)24-17-25(20(2)42-4)27(36-33)34-18-24/h6-7,16-18,23H,2,5,8-15,19,33H2,1,3-4H3,(H,34,36)(H,35,41). The van der Waals surface area contributed by atoms with Gasteiger partial charge >= 0.3 is 12.2 Å². The summed E-state index contributed by atoms with van der Waals surface area (Å²) in [6, 6.07) is 5.47. The van der Waals surface area contributed by atoms with Crippen LogP contribution >= 0.6 is 0 Å². The minimum Gasteiger partial charge on any atom is -0.497 e. The molecule has 10 nitrogen and oxygen atoms in total. The van der Waals surface area contributed by atoms with Crippen LogP contribution in [0, 0.1) is 0 Å². The average molecular weight is 591 g/mol. The van der Waals surface area contributed by atoms with Gasteiger partial charge in [0.2, 0.25) is 0 Å². The molecule has 4 N–H and O–H groups in total. The van der Waals surface area contributed by atoms with Crippen molar-refractivity contribution in [2.24, 2.45) is 5.84 Å².